The van der Waals surface area contributed by atoms with E-state index in [0.29, 0.717) is 0 Å². The van der Waals surface area contributed by atoms with E-state index in [1.165, 1.54) is 5.56 Å². The van der Waals surface area contributed by atoms with E-state index in [9.17, 15) is 0 Å². The molecule has 2 N–H and O–H groups in total. The zero-order valence-corrected chi connectivity index (χ0v) is 10.3. The van der Waals surface area contributed by atoms with Crippen molar-refractivity contribution in [2.45, 2.75) is 38.5 Å². The summed E-state index contributed by atoms with van der Waals surface area (Å²) in [5.74, 6) is 0. The van der Waals surface area contributed by atoms with Gasteiger partial charge in [0.15, 0.2) is 0 Å². The molecule has 0 amide bonds. The third kappa shape index (κ3) is 2.73. The maximum absolute atomic E-state index is 6.03. The highest BCUT2D eigenvalue weighted by Gasteiger charge is 2.27. The highest BCUT2D eigenvalue weighted by atomic mass is 35.5. The summed E-state index contributed by atoms with van der Waals surface area (Å²) < 4.78 is 0. The number of rotatable bonds is 5. The zero-order valence-electron chi connectivity index (χ0n) is 9.59. The summed E-state index contributed by atoms with van der Waals surface area (Å²) in [7, 11) is 0. The van der Waals surface area contributed by atoms with Gasteiger partial charge in [0.1, 0.15) is 0 Å². The lowest BCUT2D eigenvalue weighted by atomic mass is 9.73. The van der Waals surface area contributed by atoms with Gasteiger partial charge in [-0.1, -0.05) is 37.6 Å². The Morgan fingerprint density at radius 3 is 2.40 bits per heavy atom. The molecule has 0 bridgehead atoms. The third-order valence-corrected chi connectivity index (χ3v) is 3.65. The van der Waals surface area contributed by atoms with Crippen molar-refractivity contribution in [2.75, 3.05) is 6.54 Å². The number of hydrogen-bond donors (Lipinski definition) is 1. The van der Waals surface area contributed by atoms with E-state index in [1.807, 2.05) is 12.1 Å². The van der Waals surface area contributed by atoms with Gasteiger partial charge in [-0.15, -0.1) is 0 Å². The third-order valence-electron chi connectivity index (χ3n) is 3.41. The highest BCUT2D eigenvalue weighted by Crippen LogP contribution is 2.35. The van der Waals surface area contributed by atoms with Crippen LogP contribution in [0.25, 0.3) is 0 Å². The van der Waals surface area contributed by atoms with Crippen molar-refractivity contribution in [3.63, 3.8) is 0 Å². The summed E-state index contributed by atoms with van der Waals surface area (Å²) in [5, 5.41) is 0.816. The second-order valence-electron chi connectivity index (χ2n) is 4.04. The van der Waals surface area contributed by atoms with Gasteiger partial charge in [-0.3, -0.25) is 0 Å². The standard InChI is InChI=1S/C13H20ClN/c1-3-13(4-2,8-9-15)11-6-5-7-12(14)10-11/h5-7,10H,3-4,8-9,15H2,1-2H3. The lowest BCUT2D eigenvalue weighted by molar-refractivity contribution is 0.371. The fraction of sp³-hybridized carbons (Fsp3) is 0.538. The molecule has 0 aliphatic heterocycles. The van der Waals surface area contributed by atoms with Crippen molar-refractivity contribution in [1.29, 1.82) is 0 Å². The lowest BCUT2D eigenvalue weighted by Gasteiger charge is -2.32. The molecule has 1 aromatic rings. The predicted molar refractivity (Wildman–Crippen MR) is 67.4 cm³/mol. The minimum absolute atomic E-state index is 0.208. The van der Waals surface area contributed by atoms with Crippen LogP contribution in [0.15, 0.2) is 24.3 Å². The van der Waals surface area contributed by atoms with Gasteiger partial charge in [0.25, 0.3) is 0 Å². The Kier molecular flexibility index (Phi) is 4.62. The Morgan fingerprint density at radius 1 is 1.27 bits per heavy atom. The van der Waals surface area contributed by atoms with Crippen LogP contribution in [0.2, 0.25) is 5.02 Å². The van der Waals surface area contributed by atoms with Crippen molar-refractivity contribution in [1.82, 2.24) is 0 Å². The van der Waals surface area contributed by atoms with Crippen LogP contribution in [0, 0.1) is 0 Å². The average Bonchev–Trinajstić information content (AvgIpc) is 2.26. The maximum Gasteiger partial charge on any atom is 0.0408 e. The molecule has 0 aliphatic rings. The second kappa shape index (κ2) is 5.53. The van der Waals surface area contributed by atoms with Crippen LogP contribution in [0.1, 0.15) is 38.7 Å². The van der Waals surface area contributed by atoms with E-state index in [-0.39, 0.29) is 5.41 Å². The van der Waals surface area contributed by atoms with Gasteiger partial charge in [-0.25, -0.2) is 0 Å². The summed E-state index contributed by atoms with van der Waals surface area (Å²) in [6.45, 7) is 5.17. The topological polar surface area (TPSA) is 26.0 Å². The normalized spacial score (nSPS) is 11.7. The molecule has 0 saturated carbocycles. The summed E-state index contributed by atoms with van der Waals surface area (Å²) in [4.78, 5) is 0. The average molecular weight is 226 g/mol. The van der Waals surface area contributed by atoms with Gasteiger partial charge in [0.2, 0.25) is 0 Å². The monoisotopic (exact) mass is 225 g/mol. The fourth-order valence-electron chi connectivity index (χ4n) is 2.25. The zero-order chi connectivity index (χ0) is 11.3. The van der Waals surface area contributed by atoms with Crippen LogP contribution in [0.3, 0.4) is 0 Å². The lowest BCUT2D eigenvalue weighted by Crippen LogP contribution is -2.27. The smallest absolute Gasteiger partial charge is 0.0408 e. The number of benzene rings is 1. The van der Waals surface area contributed by atoms with Crippen molar-refractivity contribution in [3.05, 3.63) is 34.9 Å². The van der Waals surface area contributed by atoms with Crippen LogP contribution in [0.4, 0.5) is 0 Å². The largest absolute Gasteiger partial charge is 0.330 e. The van der Waals surface area contributed by atoms with Crippen LogP contribution < -0.4 is 5.73 Å². The number of nitrogens with two attached hydrogens (primary N) is 1. The van der Waals surface area contributed by atoms with Crippen LogP contribution in [0.5, 0.6) is 0 Å². The molecule has 0 aromatic heterocycles. The maximum atomic E-state index is 6.03. The summed E-state index contributed by atoms with van der Waals surface area (Å²) in [5.41, 5.74) is 7.24. The van der Waals surface area contributed by atoms with Crippen molar-refractivity contribution in [3.8, 4) is 0 Å². The Morgan fingerprint density at radius 2 is 1.93 bits per heavy atom. The molecule has 0 spiro atoms. The van der Waals surface area contributed by atoms with E-state index in [1.54, 1.807) is 0 Å². The first-order valence-electron chi connectivity index (χ1n) is 5.64. The molecule has 0 unspecified atom stereocenters. The SMILES string of the molecule is CCC(CC)(CCN)c1cccc(Cl)c1. The first-order valence-corrected chi connectivity index (χ1v) is 6.02. The molecule has 1 nitrogen and oxygen atoms in total. The van der Waals surface area contributed by atoms with Gasteiger partial charge in [0, 0.05) is 5.02 Å². The van der Waals surface area contributed by atoms with Crippen LogP contribution >= 0.6 is 11.6 Å². The molecule has 2 heteroatoms. The van der Waals surface area contributed by atoms with Crippen molar-refractivity contribution < 1.29 is 0 Å². The van der Waals surface area contributed by atoms with E-state index in [2.05, 4.69) is 26.0 Å². The Labute approximate surface area is 97.6 Å². The highest BCUT2D eigenvalue weighted by molar-refractivity contribution is 6.30. The molecule has 1 rings (SSSR count). The molecule has 0 saturated heterocycles. The van der Waals surface area contributed by atoms with Crippen molar-refractivity contribution >= 4 is 11.6 Å². The summed E-state index contributed by atoms with van der Waals surface area (Å²) in [6, 6.07) is 8.18. The Balaban J connectivity index is 3.07. The molecular weight excluding hydrogens is 206 g/mol. The molecule has 0 fully saturated rings. The molecule has 0 heterocycles. The molecule has 0 radical (unpaired) electrons. The fourth-order valence-corrected chi connectivity index (χ4v) is 2.44. The minimum Gasteiger partial charge on any atom is -0.330 e. The van der Waals surface area contributed by atoms with Crippen LogP contribution in [-0.4, -0.2) is 6.54 Å². The summed E-state index contributed by atoms with van der Waals surface area (Å²) >= 11 is 6.03. The Bertz CT molecular complexity index is 305. The first kappa shape index (κ1) is 12.5. The summed E-state index contributed by atoms with van der Waals surface area (Å²) in [6.07, 6.45) is 3.25. The van der Waals surface area contributed by atoms with Gasteiger partial charge in [-0.2, -0.15) is 0 Å². The molecule has 84 valence electrons. The molecule has 0 atom stereocenters. The van der Waals surface area contributed by atoms with Gasteiger partial charge in [-0.05, 0) is 48.9 Å². The van der Waals surface area contributed by atoms with E-state index in [0.717, 1.165) is 30.8 Å². The van der Waals surface area contributed by atoms with Crippen molar-refractivity contribution in [2.24, 2.45) is 5.73 Å². The molecular formula is C13H20ClN. The van der Waals surface area contributed by atoms with E-state index >= 15 is 0 Å². The first-order chi connectivity index (χ1) is 7.18. The molecule has 1 aromatic carbocycles. The second-order valence-corrected chi connectivity index (χ2v) is 4.47. The minimum atomic E-state index is 0.208. The molecule has 0 aliphatic carbocycles. The number of halogens is 1. The van der Waals surface area contributed by atoms with E-state index < -0.39 is 0 Å². The number of hydrogen-bond acceptors (Lipinski definition) is 1. The van der Waals surface area contributed by atoms with Gasteiger partial charge < -0.3 is 5.73 Å². The quantitative estimate of drug-likeness (QED) is 0.812. The van der Waals surface area contributed by atoms with Crippen LogP contribution in [-0.2, 0) is 5.41 Å². The van der Waals surface area contributed by atoms with E-state index in [4.69, 9.17) is 17.3 Å². The van der Waals surface area contributed by atoms with Gasteiger partial charge in [0.05, 0.1) is 0 Å². The predicted octanol–water partition coefficient (Wildman–Crippen LogP) is 3.75. The Hall–Kier alpha value is -0.530. The van der Waals surface area contributed by atoms with Gasteiger partial charge >= 0.3 is 0 Å². The molecule has 15 heavy (non-hydrogen) atoms.